The second-order valence-corrected chi connectivity index (χ2v) is 2.47. The molecule has 0 heteroatoms. The van der Waals surface area contributed by atoms with Gasteiger partial charge in [-0.3, -0.25) is 0 Å². The Morgan fingerprint density at radius 2 is 2.00 bits per heavy atom. The molecule has 0 bridgehead atoms. The number of rotatable bonds is 3. The van der Waals surface area contributed by atoms with Crippen LogP contribution in [0.4, 0.5) is 0 Å². The first-order valence-corrected chi connectivity index (χ1v) is 3.67. The molecule has 0 rings (SSSR count). The zero-order chi connectivity index (χ0) is 7.98. The van der Waals surface area contributed by atoms with Crippen molar-refractivity contribution in [2.45, 2.75) is 27.2 Å². The summed E-state index contributed by atoms with van der Waals surface area (Å²) in [6, 6.07) is 0. The molecule has 0 unspecified atom stereocenters. The molecule has 0 saturated heterocycles. The second kappa shape index (κ2) is 5.04. The fourth-order valence-electron chi connectivity index (χ4n) is 0.822. The van der Waals surface area contributed by atoms with Crippen molar-refractivity contribution in [2.24, 2.45) is 0 Å². The van der Waals surface area contributed by atoms with Crippen molar-refractivity contribution in [2.75, 3.05) is 0 Å². The highest BCUT2D eigenvalue weighted by atomic mass is 13.9. The minimum Gasteiger partial charge on any atom is -0.0991 e. The summed E-state index contributed by atoms with van der Waals surface area (Å²) in [6.45, 7) is 10.0. The molecular formula is C10H16. The predicted octanol–water partition coefficient (Wildman–Crippen LogP) is 3.48. The maximum absolute atomic E-state index is 3.62. The molecule has 0 fully saturated rings. The summed E-state index contributed by atoms with van der Waals surface area (Å²) in [4.78, 5) is 0. The van der Waals surface area contributed by atoms with E-state index in [4.69, 9.17) is 0 Å². The van der Waals surface area contributed by atoms with Crippen LogP contribution in [0.1, 0.15) is 27.2 Å². The Morgan fingerprint density at radius 3 is 2.30 bits per heavy atom. The first kappa shape index (κ1) is 9.22. The van der Waals surface area contributed by atoms with E-state index in [1.54, 1.807) is 6.08 Å². The van der Waals surface area contributed by atoms with Gasteiger partial charge in [-0.05, 0) is 25.8 Å². The number of hydrogen-bond donors (Lipinski definition) is 0. The van der Waals surface area contributed by atoms with Gasteiger partial charge in [-0.1, -0.05) is 37.3 Å². The lowest BCUT2D eigenvalue weighted by molar-refractivity contribution is 1.10. The molecule has 0 aromatic heterocycles. The average molecular weight is 136 g/mol. The molecule has 0 atom stereocenters. The highest BCUT2D eigenvalue weighted by Gasteiger charge is 1.88. The molecule has 56 valence electrons. The molecule has 0 N–H and O–H groups in total. The SMILES string of the molecule is C=CC=CC(CC)=C(C)C. The number of hydrogen-bond acceptors (Lipinski definition) is 0. The third-order valence-corrected chi connectivity index (χ3v) is 1.46. The maximum atomic E-state index is 3.62. The van der Waals surface area contributed by atoms with Gasteiger partial charge in [0.05, 0.1) is 0 Å². The van der Waals surface area contributed by atoms with Crippen LogP contribution in [0.5, 0.6) is 0 Å². The van der Waals surface area contributed by atoms with E-state index in [2.05, 4.69) is 33.4 Å². The molecule has 0 spiro atoms. The topological polar surface area (TPSA) is 0 Å². The first-order valence-electron chi connectivity index (χ1n) is 3.67. The standard InChI is InChI=1S/C10H16/c1-5-7-8-10(6-2)9(3)4/h5,7-8H,1,6H2,2-4H3. The number of allylic oxidation sites excluding steroid dienone is 5. The van der Waals surface area contributed by atoms with Gasteiger partial charge in [-0.2, -0.15) is 0 Å². The van der Waals surface area contributed by atoms with Gasteiger partial charge < -0.3 is 0 Å². The Morgan fingerprint density at radius 1 is 1.40 bits per heavy atom. The van der Waals surface area contributed by atoms with Crippen LogP contribution < -0.4 is 0 Å². The molecule has 10 heavy (non-hydrogen) atoms. The van der Waals surface area contributed by atoms with E-state index in [9.17, 15) is 0 Å². The van der Waals surface area contributed by atoms with Gasteiger partial charge in [-0.15, -0.1) is 0 Å². The van der Waals surface area contributed by atoms with E-state index in [0.717, 1.165) is 6.42 Å². The van der Waals surface area contributed by atoms with E-state index in [1.807, 2.05) is 6.08 Å². The van der Waals surface area contributed by atoms with Crippen LogP contribution in [0.3, 0.4) is 0 Å². The van der Waals surface area contributed by atoms with Crippen molar-refractivity contribution < 1.29 is 0 Å². The van der Waals surface area contributed by atoms with Crippen molar-refractivity contribution in [1.29, 1.82) is 0 Å². The Kier molecular flexibility index (Phi) is 4.65. The van der Waals surface area contributed by atoms with Crippen molar-refractivity contribution in [3.05, 3.63) is 36.0 Å². The quantitative estimate of drug-likeness (QED) is 0.521. The van der Waals surface area contributed by atoms with Crippen molar-refractivity contribution in [3.8, 4) is 0 Å². The Balaban J connectivity index is 4.23. The minimum absolute atomic E-state index is 1.10. The highest BCUT2D eigenvalue weighted by Crippen LogP contribution is 2.08. The molecule has 0 aliphatic rings. The molecule has 0 aromatic carbocycles. The van der Waals surface area contributed by atoms with Gasteiger partial charge in [0.25, 0.3) is 0 Å². The van der Waals surface area contributed by atoms with Crippen LogP contribution >= 0.6 is 0 Å². The third kappa shape index (κ3) is 3.29. The van der Waals surface area contributed by atoms with Crippen LogP contribution in [-0.2, 0) is 0 Å². The van der Waals surface area contributed by atoms with Crippen LogP contribution in [-0.4, -0.2) is 0 Å². The molecule has 0 aliphatic heterocycles. The van der Waals surface area contributed by atoms with E-state index in [-0.39, 0.29) is 0 Å². The molecule has 0 amide bonds. The summed E-state index contributed by atoms with van der Waals surface area (Å²) < 4.78 is 0. The Bertz CT molecular complexity index is 155. The molecule has 0 aliphatic carbocycles. The monoisotopic (exact) mass is 136 g/mol. The maximum Gasteiger partial charge on any atom is -0.0308 e. The minimum atomic E-state index is 1.10. The van der Waals surface area contributed by atoms with E-state index in [1.165, 1.54) is 11.1 Å². The molecular weight excluding hydrogens is 120 g/mol. The molecule has 0 heterocycles. The van der Waals surface area contributed by atoms with E-state index < -0.39 is 0 Å². The normalized spacial score (nSPS) is 9.90. The van der Waals surface area contributed by atoms with Gasteiger partial charge in [0.2, 0.25) is 0 Å². The fraction of sp³-hybridized carbons (Fsp3) is 0.400. The Hall–Kier alpha value is -0.780. The van der Waals surface area contributed by atoms with Crippen LogP contribution in [0, 0.1) is 0 Å². The van der Waals surface area contributed by atoms with Crippen LogP contribution in [0.15, 0.2) is 36.0 Å². The smallest absolute Gasteiger partial charge is 0.0308 e. The average Bonchev–Trinajstić information content (AvgIpc) is 1.89. The fourth-order valence-corrected chi connectivity index (χ4v) is 0.822. The zero-order valence-electron chi connectivity index (χ0n) is 7.15. The van der Waals surface area contributed by atoms with E-state index in [0.29, 0.717) is 0 Å². The lowest BCUT2D eigenvalue weighted by atomic mass is 10.1. The Labute approximate surface area is 64.0 Å². The van der Waals surface area contributed by atoms with Gasteiger partial charge >= 0.3 is 0 Å². The van der Waals surface area contributed by atoms with Crippen molar-refractivity contribution in [1.82, 2.24) is 0 Å². The van der Waals surface area contributed by atoms with Gasteiger partial charge in [0, 0.05) is 0 Å². The molecule has 0 aromatic rings. The highest BCUT2D eigenvalue weighted by molar-refractivity contribution is 5.24. The second-order valence-electron chi connectivity index (χ2n) is 2.47. The molecule has 0 radical (unpaired) electrons. The van der Waals surface area contributed by atoms with Crippen molar-refractivity contribution >= 4 is 0 Å². The lowest BCUT2D eigenvalue weighted by Crippen LogP contribution is -1.77. The lowest BCUT2D eigenvalue weighted by Gasteiger charge is -1.98. The summed E-state index contributed by atoms with van der Waals surface area (Å²) in [6.07, 6.45) is 7.00. The van der Waals surface area contributed by atoms with Gasteiger partial charge in [0.15, 0.2) is 0 Å². The van der Waals surface area contributed by atoms with Gasteiger partial charge in [-0.25, -0.2) is 0 Å². The zero-order valence-corrected chi connectivity index (χ0v) is 7.15. The van der Waals surface area contributed by atoms with Crippen molar-refractivity contribution in [3.63, 3.8) is 0 Å². The summed E-state index contributed by atoms with van der Waals surface area (Å²) in [5.41, 5.74) is 2.79. The predicted molar refractivity (Wildman–Crippen MR) is 48.0 cm³/mol. The summed E-state index contributed by atoms with van der Waals surface area (Å²) in [7, 11) is 0. The molecule has 0 nitrogen and oxygen atoms in total. The van der Waals surface area contributed by atoms with Crippen LogP contribution in [0.25, 0.3) is 0 Å². The largest absolute Gasteiger partial charge is 0.0991 e. The summed E-state index contributed by atoms with van der Waals surface area (Å²) >= 11 is 0. The van der Waals surface area contributed by atoms with Gasteiger partial charge in [0.1, 0.15) is 0 Å². The first-order chi connectivity index (χ1) is 4.72. The molecule has 0 saturated carbocycles. The summed E-state index contributed by atoms with van der Waals surface area (Å²) in [5.74, 6) is 0. The summed E-state index contributed by atoms with van der Waals surface area (Å²) in [5, 5.41) is 0. The third-order valence-electron chi connectivity index (χ3n) is 1.46. The van der Waals surface area contributed by atoms with Crippen LogP contribution in [0.2, 0.25) is 0 Å². The van der Waals surface area contributed by atoms with E-state index >= 15 is 0 Å².